The van der Waals surface area contributed by atoms with Gasteiger partial charge in [-0.1, -0.05) is 0 Å². The van der Waals surface area contributed by atoms with Crippen LogP contribution in [0, 0.1) is 12.8 Å². The Morgan fingerprint density at radius 3 is 2.83 bits per heavy atom. The van der Waals surface area contributed by atoms with Gasteiger partial charge in [-0.15, -0.1) is 0 Å². The van der Waals surface area contributed by atoms with Gasteiger partial charge >= 0.3 is 6.18 Å². The van der Waals surface area contributed by atoms with Crippen molar-refractivity contribution in [3.05, 3.63) is 35.5 Å². The number of alkyl halides is 3. The van der Waals surface area contributed by atoms with Gasteiger partial charge in [0.1, 0.15) is 11.6 Å². The Morgan fingerprint density at radius 2 is 2.17 bits per heavy atom. The first-order valence-corrected chi connectivity index (χ1v) is 7.67. The molecule has 2 aromatic heterocycles. The van der Waals surface area contributed by atoms with Crippen molar-refractivity contribution >= 4 is 5.82 Å². The van der Waals surface area contributed by atoms with Crippen LogP contribution in [0.1, 0.15) is 36.0 Å². The normalized spacial score (nSPS) is 24.3. The number of anilines is 1. The summed E-state index contributed by atoms with van der Waals surface area (Å²) in [6.07, 6.45) is -2.66. The zero-order valence-electron chi connectivity index (χ0n) is 13.0. The minimum Gasteiger partial charge on any atom is -0.393 e. The molecule has 3 rings (SSSR count). The Bertz CT molecular complexity index is 702. The van der Waals surface area contributed by atoms with Gasteiger partial charge in [0.2, 0.25) is 0 Å². The van der Waals surface area contributed by atoms with E-state index in [0.29, 0.717) is 24.5 Å². The fourth-order valence-electron chi connectivity index (χ4n) is 3.08. The Balaban J connectivity index is 1.65. The number of H-pyrrole nitrogens is 1. The number of rotatable bonds is 4. The van der Waals surface area contributed by atoms with E-state index in [9.17, 15) is 18.3 Å². The summed E-state index contributed by atoms with van der Waals surface area (Å²) < 4.78 is 38.9. The smallest absolute Gasteiger partial charge is 0.393 e. The van der Waals surface area contributed by atoms with Crippen LogP contribution in [0.5, 0.6) is 0 Å². The molecule has 9 heteroatoms. The van der Waals surface area contributed by atoms with Crippen LogP contribution >= 0.6 is 0 Å². The van der Waals surface area contributed by atoms with E-state index in [-0.39, 0.29) is 24.2 Å². The summed E-state index contributed by atoms with van der Waals surface area (Å²) >= 11 is 0. The average Bonchev–Trinajstić information content (AvgIpc) is 3.10. The van der Waals surface area contributed by atoms with Crippen LogP contribution < -0.4 is 5.32 Å². The Morgan fingerprint density at radius 1 is 1.38 bits per heavy atom. The van der Waals surface area contributed by atoms with Crippen molar-refractivity contribution in [2.75, 3.05) is 11.9 Å². The number of halogens is 3. The van der Waals surface area contributed by atoms with E-state index < -0.39 is 17.8 Å². The molecule has 0 amide bonds. The van der Waals surface area contributed by atoms with Crippen LogP contribution in [-0.2, 0) is 6.18 Å². The quantitative estimate of drug-likeness (QED) is 0.795. The van der Waals surface area contributed by atoms with E-state index in [0.717, 1.165) is 6.07 Å². The number of nitrogens with one attached hydrogen (secondary N) is 2. The monoisotopic (exact) mass is 341 g/mol. The number of pyridine rings is 1. The third-order valence-corrected chi connectivity index (χ3v) is 4.28. The third-order valence-electron chi connectivity index (χ3n) is 4.28. The summed E-state index contributed by atoms with van der Waals surface area (Å²) in [5.41, 5.74) is -0.807. The summed E-state index contributed by atoms with van der Waals surface area (Å²) in [5, 5.41) is 19.8. The van der Waals surface area contributed by atoms with Gasteiger partial charge in [-0.3, -0.25) is 5.10 Å². The highest BCUT2D eigenvalue weighted by Crippen LogP contribution is 2.38. The van der Waals surface area contributed by atoms with Gasteiger partial charge in [0.05, 0.1) is 11.7 Å². The topological polar surface area (TPSA) is 86.7 Å². The number of aliphatic hydroxyl groups is 1. The second kappa shape index (κ2) is 6.39. The van der Waals surface area contributed by atoms with Gasteiger partial charge in [0.15, 0.2) is 5.82 Å². The minimum atomic E-state index is -4.47. The zero-order valence-corrected chi connectivity index (χ0v) is 13.0. The van der Waals surface area contributed by atoms with Crippen molar-refractivity contribution in [2.24, 2.45) is 5.92 Å². The molecule has 1 saturated carbocycles. The Labute approximate surface area is 136 Å². The molecule has 0 saturated heterocycles. The molecule has 6 nitrogen and oxygen atoms in total. The van der Waals surface area contributed by atoms with E-state index >= 15 is 0 Å². The molecular formula is C15H18F3N5O. The molecule has 2 aromatic rings. The SMILES string of the molecule is Cc1nc([C@H]2C[C@H](CNc3ncccc3C(F)(F)F)[C@H](O)C2)n[nH]1. The van der Waals surface area contributed by atoms with Gasteiger partial charge in [-0.2, -0.15) is 18.3 Å². The van der Waals surface area contributed by atoms with Gasteiger partial charge in [0.25, 0.3) is 0 Å². The van der Waals surface area contributed by atoms with E-state index in [1.165, 1.54) is 12.3 Å². The second-order valence-corrected chi connectivity index (χ2v) is 6.05. The summed E-state index contributed by atoms with van der Waals surface area (Å²) in [4.78, 5) is 8.04. The predicted octanol–water partition coefficient (Wildman–Crippen LogP) is 2.49. The molecule has 0 bridgehead atoms. The molecule has 1 aliphatic carbocycles. The third kappa shape index (κ3) is 3.50. The van der Waals surface area contributed by atoms with Crippen molar-refractivity contribution in [2.45, 2.75) is 38.0 Å². The van der Waals surface area contributed by atoms with Gasteiger partial charge in [-0.25, -0.2) is 9.97 Å². The molecule has 24 heavy (non-hydrogen) atoms. The summed E-state index contributed by atoms with van der Waals surface area (Å²) in [5.74, 6) is 0.945. The number of aromatic nitrogens is 4. The van der Waals surface area contributed by atoms with Crippen LogP contribution in [0.2, 0.25) is 0 Å². The lowest BCUT2D eigenvalue weighted by atomic mass is 10.0. The molecule has 2 heterocycles. The molecule has 0 radical (unpaired) electrons. The number of hydrogen-bond acceptors (Lipinski definition) is 5. The molecule has 0 aliphatic heterocycles. The maximum atomic E-state index is 13.0. The average molecular weight is 341 g/mol. The molecule has 0 spiro atoms. The van der Waals surface area contributed by atoms with E-state index in [4.69, 9.17) is 0 Å². The number of nitrogens with zero attached hydrogens (tertiary/aromatic N) is 3. The minimum absolute atomic E-state index is 0.00238. The van der Waals surface area contributed by atoms with E-state index in [2.05, 4.69) is 25.5 Å². The Kier molecular flexibility index (Phi) is 4.44. The molecule has 3 atom stereocenters. The van der Waals surface area contributed by atoms with Crippen molar-refractivity contribution in [1.82, 2.24) is 20.2 Å². The number of aliphatic hydroxyl groups excluding tert-OH is 1. The maximum absolute atomic E-state index is 13.0. The highest BCUT2D eigenvalue weighted by atomic mass is 19.4. The van der Waals surface area contributed by atoms with Gasteiger partial charge in [-0.05, 0) is 31.9 Å². The van der Waals surface area contributed by atoms with E-state index in [1.54, 1.807) is 6.92 Å². The maximum Gasteiger partial charge on any atom is 0.419 e. The van der Waals surface area contributed by atoms with E-state index in [1.807, 2.05) is 0 Å². The second-order valence-electron chi connectivity index (χ2n) is 6.05. The summed E-state index contributed by atoms with van der Waals surface area (Å²) in [7, 11) is 0. The highest BCUT2D eigenvalue weighted by Gasteiger charge is 2.37. The molecular weight excluding hydrogens is 323 g/mol. The lowest BCUT2D eigenvalue weighted by Gasteiger charge is -2.18. The summed E-state index contributed by atoms with van der Waals surface area (Å²) in [6, 6.07) is 2.24. The first-order valence-electron chi connectivity index (χ1n) is 7.67. The fraction of sp³-hybridized carbons (Fsp3) is 0.533. The first-order chi connectivity index (χ1) is 11.3. The lowest BCUT2D eigenvalue weighted by Crippen LogP contribution is -2.23. The van der Waals surface area contributed by atoms with Crippen LogP contribution in [0.15, 0.2) is 18.3 Å². The van der Waals surface area contributed by atoms with Gasteiger partial charge in [0, 0.05) is 24.6 Å². The molecule has 0 aromatic carbocycles. The largest absolute Gasteiger partial charge is 0.419 e. The summed E-state index contributed by atoms with van der Waals surface area (Å²) in [6.45, 7) is 2.00. The van der Waals surface area contributed by atoms with Crippen molar-refractivity contribution in [3.8, 4) is 0 Å². The predicted molar refractivity (Wildman–Crippen MR) is 80.3 cm³/mol. The number of aryl methyl sites for hydroxylation is 1. The first kappa shape index (κ1) is 16.7. The van der Waals surface area contributed by atoms with Crippen LogP contribution in [0.4, 0.5) is 19.0 Å². The molecule has 3 N–H and O–H groups in total. The van der Waals surface area contributed by atoms with Crippen LogP contribution in [0.25, 0.3) is 0 Å². The van der Waals surface area contributed by atoms with Gasteiger partial charge < -0.3 is 10.4 Å². The Hall–Kier alpha value is -2.16. The molecule has 130 valence electrons. The highest BCUT2D eigenvalue weighted by molar-refractivity contribution is 5.45. The zero-order chi connectivity index (χ0) is 17.3. The number of aromatic amines is 1. The molecule has 1 aliphatic rings. The fourth-order valence-corrected chi connectivity index (χ4v) is 3.08. The number of hydrogen-bond donors (Lipinski definition) is 3. The molecule has 0 unspecified atom stereocenters. The van der Waals surface area contributed by atoms with Crippen molar-refractivity contribution in [3.63, 3.8) is 0 Å². The molecule has 1 fully saturated rings. The van der Waals surface area contributed by atoms with Crippen LogP contribution in [0.3, 0.4) is 0 Å². The standard InChI is InChI=1S/C15H18F3N5O/c1-8-21-13(23-22-8)9-5-10(12(24)6-9)7-20-14-11(15(16,17)18)3-2-4-19-14/h2-4,9-10,12,24H,5-7H2,1H3,(H,19,20)(H,21,22,23)/t9-,10+,12+/m0/s1. The lowest BCUT2D eigenvalue weighted by molar-refractivity contribution is -0.137. The van der Waals surface area contributed by atoms with Crippen LogP contribution in [-0.4, -0.2) is 37.9 Å². The van der Waals surface area contributed by atoms with Crippen molar-refractivity contribution < 1.29 is 18.3 Å². The van der Waals surface area contributed by atoms with Crippen molar-refractivity contribution in [1.29, 1.82) is 0 Å².